The van der Waals surface area contributed by atoms with Gasteiger partial charge in [-0.25, -0.2) is 4.98 Å². The molecule has 0 aliphatic rings. The summed E-state index contributed by atoms with van der Waals surface area (Å²) in [6.45, 7) is 3.51. The molecule has 28 heavy (non-hydrogen) atoms. The Morgan fingerprint density at radius 1 is 1.11 bits per heavy atom. The van der Waals surface area contributed by atoms with Crippen molar-refractivity contribution >= 4 is 17.2 Å². The summed E-state index contributed by atoms with van der Waals surface area (Å²) in [5.74, 6) is 0.764. The zero-order chi connectivity index (χ0) is 19.8. The molecule has 1 aromatic heterocycles. The molecule has 3 aromatic rings. The summed E-state index contributed by atoms with van der Waals surface area (Å²) in [5, 5.41) is 6.06. The van der Waals surface area contributed by atoms with Crippen molar-refractivity contribution in [1.29, 1.82) is 0 Å². The van der Waals surface area contributed by atoms with Gasteiger partial charge in [0.25, 0.3) is 0 Å². The van der Waals surface area contributed by atoms with Gasteiger partial charge in [0.15, 0.2) is 0 Å². The molecule has 5 nitrogen and oxygen atoms in total. The van der Waals surface area contributed by atoms with E-state index in [1.54, 1.807) is 18.4 Å². The Morgan fingerprint density at radius 2 is 1.93 bits per heavy atom. The number of amides is 1. The average Bonchev–Trinajstić information content (AvgIpc) is 3.14. The zero-order valence-corrected chi connectivity index (χ0v) is 16.9. The number of rotatable bonds is 9. The summed E-state index contributed by atoms with van der Waals surface area (Å²) in [6, 6.07) is 15.7. The second-order valence-electron chi connectivity index (χ2n) is 6.39. The van der Waals surface area contributed by atoms with Crippen LogP contribution in [0.3, 0.4) is 0 Å². The Kier molecular flexibility index (Phi) is 7.17. The molecule has 0 atom stereocenters. The summed E-state index contributed by atoms with van der Waals surface area (Å²) in [5.41, 5.74) is 4.02. The molecule has 0 saturated heterocycles. The van der Waals surface area contributed by atoms with Gasteiger partial charge < -0.3 is 14.8 Å². The highest BCUT2D eigenvalue weighted by Gasteiger charge is 2.06. The number of nitrogens with one attached hydrogen (secondary N) is 1. The quantitative estimate of drug-likeness (QED) is 0.556. The number of methoxy groups -OCH3 is 1. The number of nitrogens with zero attached hydrogens (tertiary/aromatic N) is 1. The number of benzene rings is 2. The maximum absolute atomic E-state index is 12.3. The summed E-state index contributed by atoms with van der Waals surface area (Å²) < 4.78 is 10.6. The van der Waals surface area contributed by atoms with E-state index in [1.807, 2.05) is 60.8 Å². The van der Waals surface area contributed by atoms with Crippen LogP contribution in [0.4, 0.5) is 0 Å². The number of carbonyl (C=O) groups is 1. The predicted octanol–water partition coefficient (Wildman–Crippen LogP) is 4.00. The van der Waals surface area contributed by atoms with Crippen molar-refractivity contribution in [2.75, 3.05) is 20.3 Å². The number of hydrogen-bond donors (Lipinski definition) is 1. The molecule has 1 N–H and O–H groups in total. The number of aromatic nitrogens is 1. The lowest BCUT2D eigenvalue weighted by molar-refractivity contribution is -0.120. The highest BCUT2D eigenvalue weighted by atomic mass is 32.1. The Bertz CT molecular complexity index is 906. The van der Waals surface area contributed by atoms with E-state index < -0.39 is 0 Å². The van der Waals surface area contributed by atoms with Crippen LogP contribution in [0.5, 0.6) is 5.75 Å². The van der Waals surface area contributed by atoms with E-state index in [0.29, 0.717) is 26.2 Å². The number of ether oxygens (including phenoxy) is 2. The molecule has 0 saturated carbocycles. The molecule has 0 spiro atoms. The van der Waals surface area contributed by atoms with Gasteiger partial charge >= 0.3 is 0 Å². The minimum atomic E-state index is -0.0112. The summed E-state index contributed by atoms with van der Waals surface area (Å²) in [7, 11) is 1.64. The van der Waals surface area contributed by atoms with E-state index >= 15 is 0 Å². The largest absolute Gasteiger partial charge is 0.491 e. The minimum absolute atomic E-state index is 0.0112. The molecular formula is C22H24N2O3S. The smallest absolute Gasteiger partial charge is 0.224 e. The number of aryl methyl sites for hydroxylation is 1. The SMILES string of the molecule is COCCOc1cccc(CNC(=O)Cc2ccc(-c3csc(C)n3)cc2)c1. The number of thiazole rings is 1. The second-order valence-corrected chi connectivity index (χ2v) is 7.45. The second kappa shape index (κ2) is 10.0. The predicted molar refractivity (Wildman–Crippen MR) is 112 cm³/mol. The van der Waals surface area contributed by atoms with E-state index in [9.17, 15) is 4.79 Å². The highest BCUT2D eigenvalue weighted by Crippen LogP contribution is 2.22. The van der Waals surface area contributed by atoms with Gasteiger partial charge in [0.2, 0.25) is 5.91 Å². The third-order valence-electron chi connectivity index (χ3n) is 4.18. The van der Waals surface area contributed by atoms with Crippen LogP contribution < -0.4 is 10.1 Å². The fourth-order valence-electron chi connectivity index (χ4n) is 2.73. The molecule has 1 amide bonds. The van der Waals surface area contributed by atoms with Gasteiger partial charge in [0, 0.05) is 24.6 Å². The molecular weight excluding hydrogens is 372 g/mol. The third kappa shape index (κ3) is 5.90. The molecule has 0 radical (unpaired) electrons. The van der Waals surface area contributed by atoms with Crippen LogP contribution in [0, 0.1) is 6.92 Å². The zero-order valence-electron chi connectivity index (χ0n) is 16.1. The number of hydrogen-bond acceptors (Lipinski definition) is 5. The van der Waals surface area contributed by atoms with Crippen LogP contribution in [0.2, 0.25) is 0 Å². The maximum Gasteiger partial charge on any atom is 0.224 e. The van der Waals surface area contributed by atoms with Crippen LogP contribution in [-0.2, 0) is 22.5 Å². The molecule has 0 aliphatic heterocycles. The monoisotopic (exact) mass is 396 g/mol. The normalized spacial score (nSPS) is 10.6. The van der Waals surface area contributed by atoms with Gasteiger partial charge in [-0.05, 0) is 30.2 Å². The summed E-state index contributed by atoms with van der Waals surface area (Å²) in [4.78, 5) is 16.8. The van der Waals surface area contributed by atoms with Crippen LogP contribution in [0.25, 0.3) is 11.3 Å². The lowest BCUT2D eigenvalue weighted by Crippen LogP contribution is -2.24. The molecule has 0 aliphatic carbocycles. The van der Waals surface area contributed by atoms with Gasteiger partial charge in [-0.3, -0.25) is 4.79 Å². The summed E-state index contributed by atoms with van der Waals surface area (Å²) in [6.07, 6.45) is 0.348. The lowest BCUT2D eigenvalue weighted by atomic mass is 10.1. The average molecular weight is 397 g/mol. The minimum Gasteiger partial charge on any atom is -0.491 e. The van der Waals surface area contributed by atoms with Gasteiger partial charge in [-0.15, -0.1) is 11.3 Å². The van der Waals surface area contributed by atoms with Crippen molar-refractivity contribution in [3.05, 3.63) is 70.0 Å². The lowest BCUT2D eigenvalue weighted by Gasteiger charge is -2.09. The Balaban J connectivity index is 1.49. The topological polar surface area (TPSA) is 60.5 Å². The van der Waals surface area contributed by atoms with Crippen LogP contribution in [-0.4, -0.2) is 31.2 Å². The molecule has 3 rings (SSSR count). The van der Waals surface area contributed by atoms with Gasteiger partial charge in [0.1, 0.15) is 12.4 Å². The molecule has 0 unspecified atom stereocenters. The first kappa shape index (κ1) is 20.0. The fraction of sp³-hybridized carbons (Fsp3) is 0.273. The van der Waals surface area contributed by atoms with Crippen molar-refractivity contribution in [3.63, 3.8) is 0 Å². The van der Waals surface area contributed by atoms with E-state index in [0.717, 1.165) is 33.1 Å². The fourth-order valence-corrected chi connectivity index (χ4v) is 3.35. The first-order valence-electron chi connectivity index (χ1n) is 9.13. The molecule has 6 heteroatoms. The van der Waals surface area contributed by atoms with E-state index in [2.05, 4.69) is 10.3 Å². The van der Waals surface area contributed by atoms with E-state index in [-0.39, 0.29) is 5.91 Å². The van der Waals surface area contributed by atoms with E-state index in [4.69, 9.17) is 9.47 Å². The summed E-state index contributed by atoms with van der Waals surface area (Å²) >= 11 is 1.63. The van der Waals surface area contributed by atoms with Crippen molar-refractivity contribution in [1.82, 2.24) is 10.3 Å². The third-order valence-corrected chi connectivity index (χ3v) is 4.95. The van der Waals surface area contributed by atoms with Gasteiger partial charge in [-0.1, -0.05) is 36.4 Å². The Labute approximate surface area is 169 Å². The van der Waals surface area contributed by atoms with Crippen LogP contribution in [0.1, 0.15) is 16.1 Å². The first-order valence-corrected chi connectivity index (χ1v) is 10.0. The molecule has 0 bridgehead atoms. The maximum atomic E-state index is 12.3. The van der Waals surface area contributed by atoms with Gasteiger partial charge in [0.05, 0.1) is 23.7 Å². The molecule has 1 heterocycles. The van der Waals surface area contributed by atoms with Crippen molar-refractivity contribution < 1.29 is 14.3 Å². The Hall–Kier alpha value is -2.70. The Morgan fingerprint density at radius 3 is 2.64 bits per heavy atom. The van der Waals surface area contributed by atoms with Crippen LogP contribution >= 0.6 is 11.3 Å². The molecule has 0 fully saturated rings. The molecule has 146 valence electrons. The van der Waals surface area contributed by atoms with Crippen molar-refractivity contribution in [3.8, 4) is 17.0 Å². The van der Waals surface area contributed by atoms with Gasteiger partial charge in [-0.2, -0.15) is 0 Å². The van der Waals surface area contributed by atoms with E-state index in [1.165, 1.54) is 0 Å². The van der Waals surface area contributed by atoms with Crippen molar-refractivity contribution in [2.24, 2.45) is 0 Å². The first-order chi connectivity index (χ1) is 13.6. The van der Waals surface area contributed by atoms with Crippen molar-refractivity contribution in [2.45, 2.75) is 19.9 Å². The highest BCUT2D eigenvalue weighted by molar-refractivity contribution is 7.09. The molecule has 2 aromatic carbocycles. The number of carbonyl (C=O) groups excluding carboxylic acids is 1. The van der Waals surface area contributed by atoms with Crippen LogP contribution in [0.15, 0.2) is 53.9 Å². The standard InChI is InChI=1S/C22H24N2O3S/c1-16-24-21(15-28-16)19-8-6-17(7-9-19)13-22(25)23-14-18-4-3-5-20(12-18)27-11-10-26-2/h3-9,12,15H,10-11,13-14H2,1-2H3,(H,23,25).